The molecule has 5 heteroatoms. The van der Waals surface area contributed by atoms with Crippen LogP contribution in [0.1, 0.15) is 24.1 Å². The first-order chi connectivity index (χ1) is 9.27. The summed E-state index contributed by atoms with van der Waals surface area (Å²) in [4.78, 5) is 18.0. The van der Waals surface area contributed by atoms with Gasteiger partial charge in [0, 0.05) is 34.9 Å². The largest absolute Gasteiger partial charge is 0.273 e. The van der Waals surface area contributed by atoms with Crippen molar-refractivity contribution in [2.24, 2.45) is 0 Å². The van der Waals surface area contributed by atoms with Crippen molar-refractivity contribution in [3.8, 4) is 0 Å². The monoisotopic (exact) mass is 260 g/mol. The smallest absolute Gasteiger partial charge is 0.258 e. The summed E-state index contributed by atoms with van der Waals surface area (Å²) in [7, 11) is 0. The Kier molecular flexibility index (Phi) is 4.55. The van der Waals surface area contributed by atoms with Crippen LogP contribution >= 0.6 is 0 Å². The molecule has 0 atom stereocenters. The number of nitro groups is 1. The van der Waals surface area contributed by atoms with Crippen LogP contribution in [-0.2, 0) is 0 Å². The molecule has 0 radical (unpaired) electrons. The van der Waals surface area contributed by atoms with Gasteiger partial charge in [-0.25, -0.2) is 0 Å². The molecule has 0 aliphatic heterocycles. The topological polar surface area (TPSA) is 68.9 Å². The normalized spacial score (nSPS) is 10.2. The molecule has 5 nitrogen and oxygen atoms in total. The van der Waals surface area contributed by atoms with Crippen molar-refractivity contribution in [3.05, 3.63) is 63.2 Å². The number of aryl methyl sites for hydroxylation is 4. The van der Waals surface area contributed by atoms with Crippen molar-refractivity contribution in [2.45, 2.75) is 27.7 Å². The van der Waals surface area contributed by atoms with Crippen LogP contribution in [0.3, 0.4) is 0 Å². The van der Waals surface area contributed by atoms with E-state index in [1.54, 1.807) is 26.0 Å². The lowest BCUT2D eigenvalue weighted by molar-refractivity contribution is -0.385. The van der Waals surface area contributed by atoms with Gasteiger partial charge < -0.3 is 0 Å². The molecule has 2 heterocycles. The van der Waals surface area contributed by atoms with Crippen molar-refractivity contribution >= 4 is 5.69 Å². The first-order valence-corrected chi connectivity index (χ1v) is 5.79. The highest BCUT2D eigenvalue weighted by Crippen LogP contribution is 2.12. The van der Waals surface area contributed by atoms with Crippen molar-refractivity contribution in [2.75, 3.05) is 0 Å². The fourth-order valence-electron chi connectivity index (χ4n) is 1.54. The van der Waals surface area contributed by atoms with Gasteiger partial charge in [-0.3, -0.25) is 20.1 Å². The highest BCUT2D eigenvalue weighted by molar-refractivity contribution is 5.32. The van der Waals surface area contributed by atoms with Crippen LogP contribution in [-0.4, -0.2) is 14.9 Å². The maximum absolute atomic E-state index is 10.3. The predicted octanol–water partition coefficient (Wildman–Crippen LogP) is 3.31. The zero-order chi connectivity index (χ0) is 15.3. The highest BCUT2D eigenvalue weighted by Gasteiger charge is 2.05. The van der Waals surface area contributed by atoms with Crippen LogP contribution in [0, 0.1) is 37.8 Å². The number of pyridine rings is 2. The number of nitrogens with zero attached hydrogens (tertiary/aromatic N) is 3. The predicted molar refractivity (Wildman–Crippen MR) is 74.1 cm³/mol. The summed E-state index contributed by atoms with van der Waals surface area (Å²) in [6.07, 6.45) is 0. The van der Waals surface area contributed by atoms with E-state index in [2.05, 4.69) is 9.97 Å². The van der Waals surface area contributed by atoms with Gasteiger partial charge in [0.1, 0.15) is 0 Å². The Labute approximate surface area is 113 Å². The van der Waals surface area contributed by atoms with Crippen LogP contribution < -0.4 is 0 Å². The van der Waals surface area contributed by atoms with Gasteiger partial charge in [-0.2, -0.15) is 0 Å². The van der Waals surface area contributed by atoms with E-state index in [1.165, 1.54) is 12.1 Å². The number of aromatic nitrogens is 2. The molecule has 0 unspecified atom stereocenters. The standard InChI is InChI=1S/C7H8N2O2.C7H9N/c1-5-3-7(9(10)11)4-6(2)8-5;1-6-4-3-5-7(2)8-6/h3-4H,1-2H3;3-5H,1-2H3/i;3D. The first-order valence-electron chi connectivity index (χ1n) is 6.29. The lowest BCUT2D eigenvalue weighted by atomic mass is 10.3. The molecular weight excluding hydrogens is 242 g/mol. The number of rotatable bonds is 1. The van der Waals surface area contributed by atoms with Crippen LogP contribution in [0.4, 0.5) is 5.69 Å². The van der Waals surface area contributed by atoms with E-state index in [4.69, 9.17) is 1.37 Å². The first kappa shape index (κ1) is 13.1. The molecule has 0 amide bonds. The summed E-state index contributed by atoms with van der Waals surface area (Å²) < 4.78 is 7.24. The van der Waals surface area contributed by atoms with Gasteiger partial charge in [0.05, 0.1) is 6.29 Å². The summed E-state index contributed by atoms with van der Waals surface area (Å²) in [6, 6.07) is 6.93. The minimum absolute atomic E-state index is 0.106. The zero-order valence-electron chi connectivity index (χ0n) is 12.5. The van der Waals surface area contributed by atoms with Gasteiger partial charge in [0.25, 0.3) is 5.69 Å². The lowest BCUT2D eigenvalue weighted by Crippen LogP contribution is -1.92. The fourth-order valence-corrected chi connectivity index (χ4v) is 1.54. The molecule has 19 heavy (non-hydrogen) atoms. The second-order valence-electron chi connectivity index (χ2n) is 4.22. The van der Waals surface area contributed by atoms with Crippen LogP contribution in [0.15, 0.2) is 30.3 Å². The molecule has 2 rings (SSSR count). The van der Waals surface area contributed by atoms with Gasteiger partial charge in [-0.1, -0.05) is 6.04 Å². The van der Waals surface area contributed by atoms with Crippen molar-refractivity contribution in [1.82, 2.24) is 9.97 Å². The summed E-state index contributed by atoms with van der Waals surface area (Å²) in [5.41, 5.74) is 3.29. The van der Waals surface area contributed by atoms with Crippen LogP contribution in [0.2, 0.25) is 0 Å². The number of hydrogen-bond acceptors (Lipinski definition) is 4. The second-order valence-corrected chi connectivity index (χ2v) is 4.22. The SMILES string of the molecule is Cc1cc([N+](=O)[O-])cc(C)n1.[2H]c1cc(C)nc(C)c1. The molecule has 0 aromatic carbocycles. The third-order valence-electron chi connectivity index (χ3n) is 2.21. The van der Waals surface area contributed by atoms with Crippen molar-refractivity contribution < 1.29 is 6.29 Å². The third-order valence-corrected chi connectivity index (χ3v) is 2.21. The van der Waals surface area contributed by atoms with E-state index in [1.807, 2.05) is 13.8 Å². The van der Waals surface area contributed by atoms with E-state index in [0.29, 0.717) is 17.4 Å². The Morgan fingerprint density at radius 1 is 1.00 bits per heavy atom. The van der Waals surface area contributed by atoms with Crippen molar-refractivity contribution in [1.29, 1.82) is 0 Å². The van der Waals surface area contributed by atoms with E-state index in [9.17, 15) is 10.1 Å². The van der Waals surface area contributed by atoms with Crippen LogP contribution in [0.25, 0.3) is 0 Å². The Morgan fingerprint density at radius 2 is 1.42 bits per heavy atom. The zero-order valence-corrected chi connectivity index (χ0v) is 11.5. The number of hydrogen-bond donors (Lipinski definition) is 0. The minimum atomic E-state index is -0.415. The molecule has 2 aromatic heterocycles. The Bertz CT molecular complexity index is 559. The van der Waals surface area contributed by atoms with Gasteiger partial charge in [0.2, 0.25) is 0 Å². The molecule has 0 bridgehead atoms. The van der Waals surface area contributed by atoms with Gasteiger partial charge in [-0.05, 0) is 39.8 Å². The molecule has 0 aliphatic carbocycles. The maximum Gasteiger partial charge on any atom is 0.273 e. The fraction of sp³-hybridized carbons (Fsp3) is 0.286. The molecule has 100 valence electrons. The minimum Gasteiger partial charge on any atom is -0.258 e. The summed E-state index contributed by atoms with van der Waals surface area (Å²) in [5, 5.41) is 10.3. The summed E-state index contributed by atoms with van der Waals surface area (Å²) in [6.45, 7) is 7.26. The molecule has 2 aromatic rings. The van der Waals surface area contributed by atoms with E-state index < -0.39 is 4.92 Å². The summed E-state index contributed by atoms with van der Waals surface area (Å²) >= 11 is 0. The second kappa shape index (κ2) is 6.58. The van der Waals surface area contributed by atoms with Crippen LogP contribution in [0.5, 0.6) is 0 Å². The Morgan fingerprint density at radius 3 is 1.79 bits per heavy atom. The van der Waals surface area contributed by atoms with E-state index in [-0.39, 0.29) is 5.69 Å². The molecular formula is C14H17N3O2. The lowest BCUT2D eigenvalue weighted by Gasteiger charge is -1.95. The molecule has 0 N–H and O–H groups in total. The van der Waals surface area contributed by atoms with Gasteiger partial charge in [0.15, 0.2) is 0 Å². The molecule has 0 saturated heterocycles. The molecule has 0 spiro atoms. The third kappa shape index (κ3) is 5.25. The maximum atomic E-state index is 10.3. The molecule has 0 saturated carbocycles. The van der Waals surface area contributed by atoms with Crippen molar-refractivity contribution in [3.63, 3.8) is 0 Å². The Hall–Kier alpha value is -2.30. The highest BCUT2D eigenvalue weighted by atomic mass is 16.6. The average molecular weight is 260 g/mol. The molecule has 0 fully saturated rings. The quantitative estimate of drug-likeness (QED) is 0.582. The molecule has 0 aliphatic rings. The van der Waals surface area contributed by atoms with E-state index in [0.717, 1.165) is 11.4 Å². The van der Waals surface area contributed by atoms with E-state index >= 15 is 0 Å². The summed E-state index contributed by atoms with van der Waals surface area (Å²) in [5.74, 6) is 0. The average Bonchev–Trinajstić information content (AvgIpc) is 2.26. The van der Waals surface area contributed by atoms with Gasteiger partial charge >= 0.3 is 0 Å². The van der Waals surface area contributed by atoms with Gasteiger partial charge in [-0.15, -0.1) is 0 Å². The Balaban J connectivity index is 0.000000204.